The van der Waals surface area contributed by atoms with E-state index in [0.29, 0.717) is 9.58 Å². The van der Waals surface area contributed by atoms with Gasteiger partial charge >= 0.3 is 30.7 Å². The predicted molar refractivity (Wildman–Crippen MR) is 133 cm³/mol. The van der Waals surface area contributed by atoms with Crippen LogP contribution in [0.25, 0.3) is 16.9 Å². The molecule has 0 aliphatic heterocycles. The van der Waals surface area contributed by atoms with E-state index in [-0.39, 0.29) is 39.2 Å². The predicted octanol–water partition coefficient (Wildman–Crippen LogP) is 6.65. The lowest BCUT2D eigenvalue weighted by molar-refractivity contribution is -0.350. The van der Waals surface area contributed by atoms with Crippen molar-refractivity contribution < 1.29 is 58.6 Å². The highest BCUT2D eigenvalue weighted by Gasteiger charge is 2.76. The molecule has 1 saturated carbocycles. The third-order valence-corrected chi connectivity index (χ3v) is 6.98. The fourth-order valence-corrected chi connectivity index (χ4v) is 4.54. The molecule has 2 amide bonds. The highest BCUT2D eigenvalue weighted by atomic mass is 35.5. The number of rotatable bonds is 8. The third-order valence-electron chi connectivity index (χ3n) is 6.54. The number of aryl methyl sites for hydroxylation is 1. The summed E-state index contributed by atoms with van der Waals surface area (Å²) < 4.78 is 131. The van der Waals surface area contributed by atoms with E-state index in [1.165, 1.54) is 12.1 Å². The minimum atomic E-state index is -6.70. The Morgan fingerprint density at radius 1 is 1.13 bits per heavy atom. The molecule has 1 aliphatic carbocycles. The van der Waals surface area contributed by atoms with Gasteiger partial charge in [-0.1, -0.05) is 29.3 Å². The SMILES string of the molecule is Cn1nc(C(F)(C(F)(F)F)C(F)(F)F)c(OC(F)F)c1-n1cc(-c2ccc(Cl)c(C(=O)N(C(=O)OCCl)C3(C#N)CC3)c2)cn1. The number of halogens is 11. The molecule has 2 aromatic heterocycles. The molecule has 0 spiro atoms. The van der Waals surface area contributed by atoms with E-state index in [0.717, 1.165) is 25.5 Å². The number of hydrogen-bond donors (Lipinski definition) is 0. The number of carbonyl (C=O) groups excluding carboxylic acids is 2. The Balaban J connectivity index is 1.82. The van der Waals surface area contributed by atoms with Gasteiger partial charge in [-0.25, -0.2) is 23.4 Å². The lowest BCUT2D eigenvalue weighted by atomic mass is 9.99. The van der Waals surface area contributed by atoms with Crippen molar-refractivity contribution in [2.24, 2.45) is 7.05 Å². The number of nitrogens with zero attached hydrogens (tertiary/aromatic N) is 6. The topological polar surface area (TPSA) is 115 Å². The van der Waals surface area contributed by atoms with Crippen molar-refractivity contribution in [2.45, 2.75) is 43.0 Å². The first-order valence-electron chi connectivity index (χ1n) is 12.0. The van der Waals surface area contributed by atoms with Gasteiger partial charge < -0.3 is 9.47 Å². The molecule has 1 aliphatic rings. The number of aromatic nitrogens is 4. The van der Waals surface area contributed by atoms with E-state index in [2.05, 4.69) is 19.7 Å². The molecule has 0 unspecified atom stereocenters. The van der Waals surface area contributed by atoms with E-state index in [1.54, 1.807) is 0 Å². The van der Waals surface area contributed by atoms with E-state index in [4.69, 9.17) is 23.2 Å². The molecule has 1 fully saturated rings. The Morgan fingerprint density at radius 3 is 2.27 bits per heavy atom. The number of alkyl halides is 10. The second-order valence-electron chi connectivity index (χ2n) is 9.33. The second-order valence-corrected chi connectivity index (χ2v) is 9.95. The highest BCUT2D eigenvalue weighted by Crippen LogP contribution is 2.56. The van der Waals surface area contributed by atoms with Gasteiger partial charge in [0.1, 0.15) is 5.54 Å². The molecule has 4 rings (SSSR count). The molecule has 0 radical (unpaired) electrons. The Labute approximate surface area is 255 Å². The van der Waals surface area contributed by atoms with Crippen LogP contribution in [0.4, 0.5) is 44.3 Å². The van der Waals surface area contributed by atoms with Gasteiger partial charge in [-0.05, 0) is 30.5 Å². The van der Waals surface area contributed by atoms with Gasteiger partial charge in [0.25, 0.3) is 5.91 Å². The van der Waals surface area contributed by atoms with Crippen molar-refractivity contribution in [3.8, 4) is 28.8 Å². The molecule has 0 bridgehead atoms. The molecule has 0 atom stereocenters. The molecule has 0 saturated heterocycles. The molecular weight excluding hydrogens is 678 g/mol. The molecule has 242 valence electrons. The van der Waals surface area contributed by atoms with Crippen molar-refractivity contribution in [2.75, 3.05) is 6.07 Å². The third kappa shape index (κ3) is 5.83. The first-order valence-corrected chi connectivity index (χ1v) is 12.9. The van der Waals surface area contributed by atoms with E-state index >= 15 is 0 Å². The summed E-state index contributed by atoms with van der Waals surface area (Å²) in [7, 11) is 0.724. The molecule has 3 aromatic rings. The molecule has 0 N–H and O–H groups in total. The summed E-state index contributed by atoms with van der Waals surface area (Å²) in [5, 5.41) is 16.0. The fourth-order valence-electron chi connectivity index (χ4n) is 4.24. The van der Waals surface area contributed by atoms with Crippen LogP contribution < -0.4 is 4.74 Å². The van der Waals surface area contributed by atoms with Gasteiger partial charge in [0.2, 0.25) is 0 Å². The lowest BCUT2D eigenvalue weighted by Gasteiger charge is -2.28. The first-order chi connectivity index (χ1) is 20.8. The van der Waals surface area contributed by atoms with Gasteiger partial charge in [-0.2, -0.15) is 50.6 Å². The second kappa shape index (κ2) is 11.6. The zero-order valence-electron chi connectivity index (χ0n) is 22.1. The average Bonchev–Trinajstić information content (AvgIpc) is 3.44. The number of amides is 2. The summed E-state index contributed by atoms with van der Waals surface area (Å²) in [5.41, 5.74) is -10.7. The van der Waals surface area contributed by atoms with Crippen molar-refractivity contribution in [1.82, 2.24) is 24.5 Å². The van der Waals surface area contributed by atoms with Crippen LogP contribution >= 0.6 is 23.2 Å². The monoisotopic (exact) mass is 692 g/mol. The largest absolute Gasteiger partial charge is 0.437 e. The zero-order chi connectivity index (χ0) is 33.7. The Kier molecular flexibility index (Phi) is 8.71. The summed E-state index contributed by atoms with van der Waals surface area (Å²) in [5.74, 6) is -4.05. The Bertz CT molecular complexity index is 1660. The standard InChI is InChI=1S/C24H15Cl2F9N6O4/c1-39-17(15(45-19(27)28)16(38-39)22(29,23(30,31)32)24(33,34)35)40-8-12(7-37-40)11-2-3-14(26)13(6-11)18(42)41(20(43)44-10-25)21(9-36)4-5-21/h2-3,6-8,19H,4-5,10H2,1H3. The van der Waals surface area contributed by atoms with Crippen LogP contribution in [-0.2, 0) is 17.5 Å². The summed E-state index contributed by atoms with van der Waals surface area (Å²) in [4.78, 5) is 26.4. The van der Waals surface area contributed by atoms with Crippen molar-refractivity contribution >= 4 is 35.2 Å². The van der Waals surface area contributed by atoms with Gasteiger partial charge in [0.05, 0.1) is 22.9 Å². The number of benzene rings is 1. The highest BCUT2D eigenvalue weighted by molar-refractivity contribution is 6.34. The average molecular weight is 693 g/mol. The van der Waals surface area contributed by atoms with Crippen molar-refractivity contribution in [3.05, 3.63) is 46.9 Å². The Morgan fingerprint density at radius 2 is 1.76 bits per heavy atom. The summed E-state index contributed by atoms with van der Waals surface area (Å²) in [6.45, 7) is -4.02. The molecule has 45 heavy (non-hydrogen) atoms. The summed E-state index contributed by atoms with van der Waals surface area (Å²) in [6.07, 6.45) is -12.6. The zero-order valence-corrected chi connectivity index (χ0v) is 23.6. The van der Waals surface area contributed by atoms with Crippen LogP contribution in [0, 0.1) is 11.3 Å². The normalized spacial score (nSPS) is 14.7. The molecule has 2 heterocycles. The van der Waals surface area contributed by atoms with Crippen molar-refractivity contribution in [3.63, 3.8) is 0 Å². The van der Waals surface area contributed by atoms with Gasteiger partial charge in [-0.3, -0.25) is 4.79 Å². The number of imide groups is 1. The lowest BCUT2D eigenvalue weighted by Crippen LogP contribution is -2.51. The molecule has 1 aromatic carbocycles. The summed E-state index contributed by atoms with van der Waals surface area (Å²) >= 11 is 11.6. The van der Waals surface area contributed by atoms with E-state index < -0.39 is 65.5 Å². The van der Waals surface area contributed by atoms with Crippen LogP contribution in [-0.4, -0.2) is 67.0 Å². The summed E-state index contributed by atoms with van der Waals surface area (Å²) in [6, 6.07) is 4.76. The number of nitriles is 1. The minimum absolute atomic E-state index is 0.0408. The van der Waals surface area contributed by atoms with Crippen LogP contribution in [0.2, 0.25) is 5.02 Å². The maximum Gasteiger partial charge on any atom is 0.437 e. The molecule has 21 heteroatoms. The van der Waals surface area contributed by atoms with E-state index in [1.807, 2.05) is 6.07 Å². The number of carbonyl (C=O) groups is 2. The van der Waals surface area contributed by atoms with Crippen LogP contribution in [0.15, 0.2) is 30.6 Å². The van der Waals surface area contributed by atoms with Gasteiger partial charge in [-0.15, -0.1) is 0 Å². The van der Waals surface area contributed by atoms with Gasteiger partial charge in [0, 0.05) is 18.8 Å². The maximum absolute atomic E-state index is 14.9. The van der Waals surface area contributed by atoms with E-state index in [9.17, 15) is 54.4 Å². The minimum Gasteiger partial charge on any atom is -0.433 e. The first kappa shape index (κ1) is 33.7. The van der Waals surface area contributed by atoms with Gasteiger partial charge in [0.15, 0.2) is 23.3 Å². The van der Waals surface area contributed by atoms with Crippen molar-refractivity contribution in [1.29, 1.82) is 5.26 Å². The molecular formula is C24H15Cl2F9N6O4. The maximum atomic E-state index is 14.9. The Hall–Kier alpha value is -4.18. The smallest absolute Gasteiger partial charge is 0.433 e. The number of ether oxygens (including phenoxy) is 2. The van der Waals surface area contributed by atoms with Crippen LogP contribution in [0.3, 0.4) is 0 Å². The van der Waals surface area contributed by atoms with Crippen LogP contribution in [0.5, 0.6) is 5.75 Å². The fraction of sp³-hybridized carbons (Fsp3) is 0.375. The molecule has 10 nitrogen and oxygen atoms in total. The van der Waals surface area contributed by atoms with Crippen LogP contribution in [0.1, 0.15) is 28.9 Å². The quantitative estimate of drug-likeness (QED) is 0.192. The number of hydrogen-bond acceptors (Lipinski definition) is 7.